The molecule has 0 aromatic carbocycles. The van der Waals surface area contributed by atoms with Gasteiger partial charge in [-0.05, 0) is 18.3 Å². The number of carbonyl (C=O) groups excluding carboxylic acids is 1. The number of hydrogen-bond donors (Lipinski definition) is 1. The number of nitrogens with two attached hydrogens (primary N) is 1. The quantitative estimate of drug-likeness (QED) is 0.585. The Bertz CT molecular complexity index is 127. The Hall–Kier alpha value is -0.370. The molecule has 0 bridgehead atoms. The van der Waals surface area contributed by atoms with Crippen molar-refractivity contribution >= 4 is 6.29 Å². The highest BCUT2D eigenvalue weighted by atomic mass is 16.1. The molecular weight excluding hydrogens is 126 g/mol. The second kappa shape index (κ2) is 2.70. The van der Waals surface area contributed by atoms with Gasteiger partial charge < -0.3 is 10.5 Å². The average molecular weight is 141 g/mol. The van der Waals surface area contributed by atoms with Crippen LogP contribution in [0.25, 0.3) is 0 Å². The van der Waals surface area contributed by atoms with Crippen molar-refractivity contribution in [2.24, 2.45) is 11.1 Å². The van der Waals surface area contributed by atoms with Gasteiger partial charge in [-0.2, -0.15) is 0 Å². The monoisotopic (exact) mass is 141 g/mol. The highest BCUT2D eigenvalue weighted by Gasteiger charge is 2.34. The predicted molar refractivity (Wildman–Crippen MR) is 40.6 cm³/mol. The zero-order valence-corrected chi connectivity index (χ0v) is 6.47. The number of hydrogen-bond acceptors (Lipinski definition) is 2. The minimum Gasteiger partial charge on any atom is -0.321 e. The highest BCUT2D eigenvalue weighted by Crippen LogP contribution is 2.38. The summed E-state index contributed by atoms with van der Waals surface area (Å²) in [6.45, 7) is 2.11. The molecule has 1 aliphatic carbocycles. The Labute approximate surface area is 61.8 Å². The zero-order valence-electron chi connectivity index (χ0n) is 6.47. The van der Waals surface area contributed by atoms with Crippen LogP contribution < -0.4 is 5.73 Å². The van der Waals surface area contributed by atoms with Crippen LogP contribution in [-0.4, -0.2) is 12.3 Å². The largest absolute Gasteiger partial charge is 0.321 e. The van der Waals surface area contributed by atoms with Gasteiger partial charge in [0, 0.05) is 0 Å². The topological polar surface area (TPSA) is 43.1 Å². The van der Waals surface area contributed by atoms with Crippen molar-refractivity contribution in [1.29, 1.82) is 0 Å². The highest BCUT2D eigenvalue weighted by molar-refractivity contribution is 5.58. The molecule has 58 valence electrons. The third-order valence-corrected chi connectivity index (χ3v) is 2.70. The molecule has 10 heavy (non-hydrogen) atoms. The molecule has 0 aromatic heterocycles. The van der Waals surface area contributed by atoms with E-state index in [1.54, 1.807) is 0 Å². The Morgan fingerprint density at radius 3 is 2.40 bits per heavy atom. The summed E-state index contributed by atoms with van der Waals surface area (Å²) in [5.41, 5.74) is 5.76. The van der Waals surface area contributed by atoms with Gasteiger partial charge in [-0.3, -0.25) is 0 Å². The lowest BCUT2D eigenvalue weighted by molar-refractivity contribution is -0.111. The van der Waals surface area contributed by atoms with Gasteiger partial charge in [-0.15, -0.1) is 0 Å². The summed E-state index contributed by atoms with van der Waals surface area (Å²) >= 11 is 0. The van der Waals surface area contributed by atoms with E-state index in [-0.39, 0.29) is 11.5 Å². The SMILES string of the molecule is CC1([C@H](N)C=O)CCCC1. The van der Waals surface area contributed by atoms with Crippen molar-refractivity contribution < 1.29 is 4.79 Å². The fourth-order valence-electron chi connectivity index (χ4n) is 1.68. The molecular formula is C8H15NO. The Morgan fingerprint density at radius 1 is 1.50 bits per heavy atom. The van der Waals surface area contributed by atoms with E-state index in [1.807, 2.05) is 0 Å². The molecule has 0 saturated heterocycles. The lowest BCUT2D eigenvalue weighted by Gasteiger charge is -2.26. The van der Waals surface area contributed by atoms with Gasteiger partial charge >= 0.3 is 0 Å². The standard InChI is InChI=1S/C8H15NO/c1-8(7(9)6-10)4-2-3-5-8/h6-7H,2-5,9H2,1H3/t7-/m1/s1. The molecule has 2 heteroatoms. The first kappa shape index (κ1) is 7.73. The molecule has 0 amide bonds. The molecule has 1 saturated carbocycles. The number of aldehydes is 1. The first-order valence-electron chi connectivity index (χ1n) is 3.90. The maximum Gasteiger partial charge on any atom is 0.137 e. The molecule has 0 aliphatic heterocycles. The molecule has 1 rings (SSSR count). The van der Waals surface area contributed by atoms with Gasteiger partial charge in [0.1, 0.15) is 6.29 Å². The second-order valence-electron chi connectivity index (χ2n) is 3.52. The van der Waals surface area contributed by atoms with Crippen molar-refractivity contribution in [1.82, 2.24) is 0 Å². The van der Waals surface area contributed by atoms with Gasteiger partial charge in [0.2, 0.25) is 0 Å². The van der Waals surface area contributed by atoms with Crippen LogP contribution in [0.2, 0.25) is 0 Å². The summed E-state index contributed by atoms with van der Waals surface area (Å²) in [6.07, 6.45) is 5.58. The molecule has 1 atom stereocenters. The van der Waals surface area contributed by atoms with Gasteiger partial charge in [0.25, 0.3) is 0 Å². The fourth-order valence-corrected chi connectivity index (χ4v) is 1.68. The minimum absolute atomic E-state index is 0.113. The van der Waals surface area contributed by atoms with E-state index in [0.29, 0.717) is 0 Å². The van der Waals surface area contributed by atoms with Crippen LogP contribution in [0.15, 0.2) is 0 Å². The van der Waals surface area contributed by atoms with Crippen LogP contribution in [-0.2, 0) is 4.79 Å². The van der Waals surface area contributed by atoms with Crippen LogP contribution in [0.5, 0.6) is 0 Å². The third-order valence-electron chi connectivity index (χ3n) is 2.70. The van der Waals surface area contributed by atoms with Gasteiger partial charge in [0.05, 0.1) is 6.04 Å². The van der Waals surface area contributed by atoms with Crippen molar-refractivity contribution in [3.8, 4) is 0 Å². The summed E-state index contributed by atoms with van der Waals surface area (Å²) < 4.78 is 0. The lowest BCUT2D eigenvalue weighted by Crippen LogP contribution is -2.38. The van der Waals surface area contributed by atoms with E-state index in [2.05, 4.69) is 6.92 Å². The Morgan fingerprint density at radius 2 is 2.00 bits per heavy atom. The maximum absolute atomic E-state index is 10.4. The molecule has 0 spiro atoms. The molecule has 1 aliphatic rings. The fraction of sp³-hybridized carbons (Fsp3) is 0.875. The van der Waals surface area contributed by atoms with Crippen LogP contribution >= 0.6 is 0 Å². The summed E-state index contributed by atoms with van der Waals surface area (Å²) in [5.74, 6) is 0. The van der Waals surface area contributed by atoms with E-state index >= 15 is 0 Å². The van der Waals surface area contributed by atoms with E-state index in [4.69, 9.17) is 5.73 Å². The van der Waals surface area contributed by atoms with Crippen LogP contribution in [0.4, 0.5) is 0 Å². The summed E-state index contributed by atoms with van der Waals surface area (Å²) in [7, 11) is 0. The average Bonchev–Trinajstić information content (AvgIpc) is 2.36. The first-order valence-corrected chi connectivity index (χ1v) is 3.90. The van der Waals surface area contributed by atoms with E-state index in [1.165, 1.54) is 12.8 Å². The molecule has 0 heterocycles. The van der Waals surface area contributed by atoms with E-state index in [9.17, 15) is 4.79 Å². The third kappa shape index (κ3) is 1.21. The Balaban J connectivity index is 2.57. The molecule has 0 radical (unpaired) electrons. The molecule has 0 unspecified atom stereocenters. The van der Waals surface area contributed by atoms with Crippen molar-refractivity contribution in [3.63, 3.8) is 0 Å². The predicted octanol–water partition coefficient (Wildman–Crippen LogP) is 1.09. The van der Waals surface area contributed by atoms with Crippen LogP contribution in [0, 0.1) is 5.41 Å². The molecule has 0 aromatic rings. The van der Waals surface area contributed by atoms with Crippen LogP contribution in [0.1, 0.15) is 32.6 Å². The smallest absolute Gasteiger partial charge is 0.137 e. The van der Waals surface area contributed by atoms with Crippen molar-refractivity contribution in [2.75, 3.05) is 0 Å². The van der Waals surface area contributed by atoms with Crippen molar-refractivity contribution in [3.05, 3.63) is 0 Å². The summed E-state index contributed by atoms with van der Waals surface area (Å²) in [6, 6.07) is -0.241. The maximum atomic E-state index is 10.4. The van der Waals surface area contributed by atoms with Crippen LogP contribution in [0.3, 0.4) is 0 Å². The first-order chi connectivity index (χ1) is 4.69. The Kier molecular flexibility index (Phi) is 2.09. The van der Waals surface area contributed by atoms with Crippen molar-refractivity contribution in [2.45, 2.75) is 38.6 Å². The minimum atomic E-state index is -0.241. The van der Waals surface area contributed by atoms with E-state index < -0.39 is 0 Å². The molecule has 1 fully saturated rings. The lowest BCUT2D eigenvalue weighted by atomic mass is 9.82. The van der Waals surface area contributed by atoms with Gasteiger partial charge in [-0.1, -0.05) is 19.8 Å². The molecule has 2 N–H and O–H groups in total. The second-order valence-corrected chi connectivity index (χ2v) is 3.52. The number of rotatable bonds is 2. The van der Waals surface area contributed by atoms with Gasteiger partial charge in [0.15, 0.2) is 0 Å². The van der Waals surface area contributed by atoms with Gasteiger partial charge in [-0.25, -0.2) is 0 Å². The normalized spacial score (nSPS) is 26.2. The summed E-state index contributed by atoms with van der Waals surface area (Å²) in [5, 5.41) is 0. The number of carbonyl (C=O) groups is 1. The zero-order chi connectivity index (χ0) is 7.61. The molecule has 2 nitrogen and oxygen atoms in total. The van der Waals surface area contributed by atoms with E-state index in [0.717, 1.165) is 19.1 Å². The summed E-state index contributed by atoms with van der Waals surface area (Å²) in [4.78, 5) is 10.4.